The van der Waals surface area contributed by atoms with Crippen LogP contribution >= 0.6 is 0 Å². The van der Waals surface area contributed by atoms with E-state index in [1.807, 2.05) is 48.5 Å². The molecule has 0 aliphatic heterocycles. The molecule has 0 amide bonds. The number of nitrogen functional groups attached to an aromatic ring is 1. The Kier molecular flexibility index (Phi) is 3.47. The van der Waals surface area contributed by atoms with Crippen molar-refractivity contribution in [3.8, 4) is 28.4 Å². The molecular weight excluding hydrogens is 264 g/mol. The fraction of sp³-hybridized carbons (Fsp3) is 0.0625. The number of pyridine rings is 1. The quantitative estimate of drug-likeness (QED) is 0.797. The summed E-state index contributed by atoms with van der Waals surface area (Å²) in [6.45, 7) is 0. The molecule has 0 aliphatic rings. The fourth-order valence-corrected chi connectivity index (χ4v) is 2.02. The maximum absolute atomic E-state index is 5.82. The van der Waals surface area contributed by atoms with Crippen molar-refractivity contribution in [1.29, 1.82) is 0 Å². The molecule has 0 fully saturated rings. The van der Waals surface area contributed by atoms with E-state index in [9.17, 15) is 0 Å². The van der Waals surface area contributed by atoms with E-state index in [4.69, 9.17) is 10.5 Å². The van der Waals surface area contributed by atoms with Gasteiger partial charge in [0.25, 0.3) is 0 Å². The van der Waals surface area contributed by atoms with E-state index < -0.39 is 0 Å². The summed E-state index contributed by atoms with van der Waals surface area (Å²) in [6, 6.07) is 15.2. The number of rotatable bonds is 3. The highest BCUT2D eigenvalue weighted by Crippen LogP contribution is 2.24. The Morgan fingerprint density at radius 3 is 2.33 bits per heavy atom. The smallest absolute Gasteiger partial charge is 0.221 e. The fourth-order valence-electron chi connectivity index (χ4n) is 2.02. The average molecular weight is 278 g/mol. The van der Waals surface area contributed by atoms with Gasteiger partial charge in [-0.25, -0.2) is 9.97 Å². The zero-order valence-corrected chi connectivity index (χ0v) is 11.5. The molecule has 21 heavy (non-hydrogen) atoms. The minimum absolute atomic E-state index is 0.226. The SMILES string of the molecule is COc1ccc(-c2cc(-c3ccccn3)nc(N)n2)cc1. The lowest BCUT2D eigenvalue weighted by atomic mass is 10.1. The van der Waals surface area contributed by atoms with Crippen molar-refractivity contribution in [3.63, 3.8) is 0 Å². The Morgan fingerprint density at radius 2 is 1.67 bits per heavy atom. The summed E-state index contributed by atoms with van der Waals surface area (Å²) in [7, 11) is 1.64. The molecule has 5 nitrogen and oxygen atoms in total. The van der Waals surface area contributed by atoms with Crippen molar-refractivity contribution in [2.24, 2.45) is 0 Å². The van der Waals surface area contributed by atoms with Gasteiger partial charge in [-0.15, -0.1) is 0 Å². The van der Waals surface area contributed by atoms with Gasteiger partial charge in [-0.05, 0) is 42.5 Å². The van der Waals surface area contributed by atoms with Crippen LogP contribution in [-0.2, 0) is 0 Å². The molecule has 3 aromatic rings. The number of anilines is 1. The topological polar surface area (TPSA) is 73.9 Å². The summed E-state index contributed by atoms with van der Waals surface area (Å²) >= 11 is 0. The monoisotopic (exact) mass is 278 g/mol. The lowest BCUT2D eigenvalue weighted by Gasteiger charge is -2.06. The van der Waals surface area contributed by atoms with Crippen molar-refractivity contribution in [2.45, 2.75) is 0 Å². The molecule has 2 aromatic heterocycles. The van der Waals surface area contributed by atoms with E-state index in [2.05, 4.69) is 15.0 Å². The van der Waals surface area contributed by atoms with Crippen LogP contribution in [0.15, 0.2) is 54.7 Å². The first-order chi connectivity index (χ1) is 10.3. The molecule has 0 atom stereocenters. The minimum Gasteiger partial charge on any atom is -0.497 e. The van der Waals surface area contributed by atoms with Crippen LogP contribution in [0.25, 0.3) is 22.6 Å². The third-order valence-corrected chi connectivity index (χ3v) is 3.06. The van der Waals surface area contributed by atoms with Crippen LogP contribution in [0.3, 0.4) is 0 Å². The molecule has 0 bridgehead atoms. The molecule has 3 rings (SSSR count). The molecule has 2 heterocycles. The zero-order valence-electron chi connectivity index (χ0n) is 11.5. The van der Waals surface area contributed by atoms with Gasteiger partial charge in [0.05, 0.1) is 24.2 Å². The lowest BCUT2D eigenvalue weighted by Crippen LogP contribution is -1.99. The summed E-state index contributed by atoms with van der Waals surface area (Å²) in [5.74, 6) is 1.02. The minimum atomic E-state index is 0.226. The number of nitrogens with zero attached hydrogens (tertiary/aromatic N) is 3. The van der Waals surface area contributed by atoms with Gasteiger partial charge in [-0.2, -0.15) is 0 Å². The van der Waals surface area contributed by atoms with Gasteiger partial charge >= 0.3 is 0 Å². The van der Waals surface area contributed by atoms with Crippen LogP contribution in [0.5, 0.6) is 5.75 Å². The van der Waals surface area contributed by atoms with Gasteiger partial charge in [-0.1, -0.05) is 6.07 Å². The molecule has 0 radical (unpaired) electrons. The predicted octanol–water partition coefficient (Wildman–Crippen LogP) is 2.80. The van der Waals surface area contributed by atoms with E-state index in [1.54, 1.807) is 13.3 Å². The number of aromatic nitrogens is 3. The van der Waals surface area contributed by atoms with Crippen molar-refractivity contribution >= 4 is 5.95 Å². The van der Waals surface area contributed by atoms with E-state index in [1.165, 1.54) is 0 Å². The van der Waals surface area contributed by atoms with Gasteiger partial charge < -0.3 is 10.5 Å². The van der Waals surface area contributed by atoms with E-state index in [-0.39, 0.29) is 5.95 Å². The third-order valence-electron chi connectivity index (χ3n) is 3.06. The second-order valence-electron chi connectivity index (χ2n) is 4.44. The highest BCUT2D eigenvalue weighted by molar-refractivity contribution is 5.67. The van der Waals surface area contributed by atoms with Crippen molar-refractivity contribution < 1.29 is 4.74 Å². The van der Waals surface area contributed by atoms with Crippen LogP contribution in [0.2, 0.25) is 0 Å². The molecule has 0 saturated carbocycles. The van der Waals surface area contributed by atoms with E-state index in [0.717, 1.165) is 22.7 Å². The Balaban J connectivity index is 2.05. The third kappa shape index (κ3) is 2.81. The molecule has 0 saturated heterocycles. The van der Waals surface area contributed by atoms with E-state index in [0.29, 0.717) is 5.69 Å². The Bertz CT molecular complexity index is 742. The normalized spacial score (nSPS) is 10.3. The number of benzene rings is 1. The second kappa shape index (κ2) is 5.58. The summed E-state index contributed by atoms with van der Waals surface area (Å²) in [4.78, 5) is 12.8. The average Bonchev–Trinajstić information content (AvgIpc) is 2.55. The highest BCUT2D eigenvalue weighted by atomic mass is 16.5. The van der Waals surface area contributed by atoms with Crippen molar-refractivity contribution in [1.82, 2.24) is 15.0 Å². The second-order valence-corrected chi connectivity index (χ2v) is 4.44. The molecule has 0 unspecified atom stereocenters. The highest BCUT2D eigenvalue weighted by Gasteiger charge is 2.07. The number of methoxy groups -OCH3 is 1. The van der Waals surface area contributed by atoms with Gasteiger partial charge in [0.2, 0.25) is 5.95 Å². The standard InChI is InChI=1S/C16H14N4O/c1-21-12-7-5-11(6-8-12)14-10-15(20-16(17)19-14)13-4-2-3-9-18-13/h2-10H,1H3,(H2,17,19,20). The number of hydrogen-bond acceptors (Lipinski definition) is 5. The lowest BCUT2D eigenvalue weighted by molar-refractivity contribution is 0.415. The van der Waals surface area contributed by atoms with Gasteiger partial charge in [0.15, 0.2) is 0 Å². The Labute approximate surface area is 122 Å². The zero-order chi connectivity index (χ0) is 14.7. The first-order valence-corrected chi connectivity index (χ1v) is 6.46. The summed E-state index contributed by atoms with van der Waals surface area (Å²) < 4.78 is 5.15. The largest absolute Gasteiger partial charge is 0.497 e. The summed E-state index contributed by atoms with van der Waals surface area (Å²) in [6.07, 6.45) is 1.72. The van der Waals surface area contributed by atoms with Crippen molar-refractivity contribution in [2.75, 3.05) is 12.8 Å². The Hall–Kier alpha value is -2.95. The first-order valence-electron chi connectivity index (χ1n) is 6.46. The van der Waals surface area contributed by atoms with Crippen LogP contribution in [0, 0.1) is 0 Å². The van der Waals surface area contributed by atoms with Crippen LogP contribution in [0.1, 0.15) is 0 Å². The molecule has 2 N–H and O–H groups in total. The van der Waals surface area contributed by atoms with Crippen LogP contribution in [0.4, 0.5) is 5.95 Å². The van der Waals surface area contributed by atoms with Gasteiger partial charge in [-0.3, -0.25) is 4.98 Å². The molecular formula is C16H14N4O. The molecule has 0 aliphatic carbocycles. The Morgan fingerprint density at radius 1 is 0.905 bits per heavy atom. The number of hydrogen-bond donors (Lipinski definition) is 1. The maximum atomic E-state index is 5.82. The summed E-state index contributed by atoms with van der Waals surface area (Å²) in [5.41, 5.74) is 8.99. The van der Waals surface area contributed by atoms with Gasteiger partial charge in [0, 0.05) is 11.8 Å². The van der Waals surface area contributed by atoms with Crippen LogP contribution in [-0.4, -0.2) is 22.1 Å². The van der Waals surface area contributed by atoms with Crippen LogP contribution < -0.4 is 10.5 Å². The summed E-state index contributed by atoms with van der Waals surface area (Å²) in [5, 5.41) is 0. The number of ether oxygens (including phenoxy) is 1. The molecule has 0 spiro atoms. The van der Waals surface area contributed by atoms with Gasteiger partial charge in [0.1, 0.15) is 5.75 Å². The first kappa shape index (κ1) is 13.1. The maximum Gasteiger partial charge on any atom is 0.221 e. The van der Waals surface area contributed by atoms with Crippen molar-refractivity contribution in [3.05, 3.63) is 54.7 Å². The molecule has 1 aromatic carbocycles. The predicted molar refractivity (Wildman–Crippen MR) is 81.7 cm³/mol. The number of nitrogens with two attached hydrogens (primary N) is 1. The molecule has 104 valence electrons. The van der Waals surface area contributed by atoms with E-state index >= 15 is 0 Å². The molecule has 5 heteroatoms.